The highest BCUT2D eigenvalue weighted by atomic mass is 16.6. The largest absolute Gasteiger partial charge is 0.441 e. The van der Waals surface area contributed by atoms with Gasteiger partial charge in [0.05, 0.1) is 25.8 Å². The second kappa shape index (κ2) is 10.3. The zero-order valence-corrected chi connectivity index (χ0v) is 21.8. The molecule has 37 heavy (non-hydrogen) atoms. The van der Waals surface area contributed by atoms with Gasteiger partial charge in [-0.15, -0.1) is 0 Å². The van der Waals surface area contributed by atoms with Crippen LogP contribution < -0.4 is 4.90 Å². The van der Waals surface area contributed by atoms with Gasteiger partial charge in [0, 0.05) is 50.2 Å². The highest BCUT2D eigenvalue weighted by Gasteiger charge is 2.29. The number of benzene rings is 1. The second-order valence-corrected chi connectivity index (χ2v) is 10.7. The van der Waals surface area contributed by atoms with Crippen LogP contribution in [0.3, 0.4) is 0 Å². The van der Waals surface area contributed by atoms with Gasteiger partial charge in [-0.25, -0.2) is 9.31 Å². The van der Waals surface area contributed by atoms with Crippen LogP contribution in [0, 0.1) is 0 Å². The zero-order valence-electron chi connectivity index (χ0n) is 22.8. The Bertz CT molecular complexity index is 1270. The number of piperidine rings is 1. The molecule has 196 valence electrons. The molecule has 0 N–H and O–H groups in total. The first-order valence-electron chi connectivity index (χ1n) is 14.0. The normalized spacial score (nSPS) is 21.2. The molecule has 0 radical (unpaired) electrons. The van der Waals surface area contributed by atoms with Crippen molar-refractivity contribution in [3.63, 3.8) is 0 Å². The Morgan fingerprint density at radius 1 is 1.03 bits per heavy atom. The summed E-state index contributed by atoms with van der Waals surface area (Å²) in [5.41, 5.74) is 5.95. The number of likely N-dealkylation sites (tertiary alicyclic amines) is 1. The third-order valence-corrected chi connectivity index (χ3v) is 8.10. The van der Waals surface area contributed by atoms with Gasteiger partial charge in [-0.05, 0) is 69.0 Å². The quantitative estimate of drug-likeness (QED) is 0.518. The molecule has 6 rings (SSSR count). The van der Waals surface area contributed by atoms with Gasteiger partial charge in [0.15, 0.2) is 6.08 Å². The molecule has 3 aliphatic rings. The molecule has 0 saturated carbocycles. The molecule has 5 heterocycles. The van der Waals surface area contributed by atoms with E-state index in [4.69, 9.17) is 10.8 Å². The summed E-state index contributed by atoms with van der Waals surface area (Å²) in [5.74, 6) is 0.644. The molecule has 0 bridgehead atoms. The predicted octanol–water partition coefficient (Wildman–Crippen LogP) is 4.25. The third-order valence-electron chi connectivity index (χ3n) is 8.10. The number of nitrogens with zero attached hydrogens (tertiary/aromatic N) is 5. The van der Waals surface area contributed by atoms with Gasteiger partial charge in [0.1, 0.15) is 0 Å². The van der Waals surface area contributed by atoms with Gasteiger partial charge in [0.25, 0.3) is 0 Å². The summed E-state index contributed by atoms with van der Waals surface area (Å²) < 4.78 is 20.3. The van der Waals surface area contributed by atoms with E-state index in [2.05, 4.69) is 65.3 Å². The number of anilines is 1. The number of hydrogen-bond acceptors (Lipinski definition) is 6. The van der Waals surface area contributed by atoms with Gasteiger partial charge in [0.2, 0.25) is 0 Å². The van der Waals surface area contributed by atoms with E-state index in [1.807, 2.05) is 16.8 Å². The lowest BCUT2D eigenvalue weighted by Crippen LogP contribution is -2.51. The number of piperazine rings is 1. The van der Waals surface area contributed by atoms with Crippen molar-refractivity contribution in [2.75, 3.05) is 57.4 Å². The van der Waals surface area contributed by atoms with E-state index in [9.17, 15) is 4.79 Å². The van der Waals surface area contributed by atoms with Crippen molar-refractivity contribution >= 4 is 17.3 Å². The van der Waals surface area contributed by atoms with Crippen LogP contribution >= 0.6 is 0 Å². The van der Waals surface area contributed by atoms with Crippen molar-refractivity contribution in [1.29, 1.82) is 0 Å². The van der Waals surface area contributed by atoms with E-state index >= 15 is 0 Å². The molecule has 8 nitrogen and oxygen atoms in total. The summed E-state index contributed by atoms with van der Waals surface area (Å²) in [4.78, 5) is 19.0. The SMILES string of the molecule is [2H]C1(OC(=O)N2CCN(c3ccnn4cc(-c5ccc(C6CCN(C(C)C)CC6)cc5)cc34)CC2)COC1. The number of carbonyl (C=O) groups is 1. The minimum absolute atomic E-state index is 0.143. The first-order valence-corrected chi connectivity index (χ1v) is 13.5. The van der Waals surface area contributed by atoms with Crippen LogP contribution in [-0.2, 0) is 9.47 Å². The summed E-state index contributed by atoms with van der Waals surface area (Å²) >= 11 is 0. The smallest absolute Gasteiger partial charge is 0.410 e. The van der Waals surface area contributed by atoms with Crippen LogP contribution in [0.2, 0.25) is 0 Å². The monoisotopic (exact) mass is 504 g/mol. The Kier molecular flexibility index (Phi) is 6.44. The maximum absolute atomic E-state index is 12.5. The fraction of sp³-hybridized carbons (Fsp3) is 0.517. The van der Waals surface area contributed by atoms with Crippen molar-refractivity contribution in [3.05, 3.63) is 54.4 Å². The van der Waals surface area contributed by atoms with Crippen LogP contribution in [0.25, 0.3) is 16.6 Å². The standard InChI is InChI=1S/C29H37N5O3/c1-21(2)31-11-8-24(9-12-31)22-3-5-23(6-4-22)25-17-28-27(7-10-30-34(28)18-25)32-13-15-33(16-14-32)29(35)37-26-19-36-20-26/h3-7,10,17-18,21,24,26H,8-9,11-16,19-20H2,1-2H3/i26D. The number of ether oxygens (including phenoxy) is 2. The Morgan fingerprint density at radius 3 is 2.41 bits per heavy atom. The third kappa shape index (κ3) is 5.05. The number of hydrogen-bond donors (Lipinski definition) is 0. The van der Waals surface area contributed by atoms with Crippen LogP contribution in [-0.4, -0.2) is 90.1 Å². The maximum atomic E-state index is 12.5. The first-order chi connectivity index (χ1) is 18.4. The van der Waals surface area contributed by atoms with Gasteiger partial charge >= 0.3 is 6.09 Å². The molecule has 0 atom stereocenters. The summed E-state index contributed by atoms with van der Waals surface area (Å²) in [7, 11) is 0. The average Bonchev–Trinajstić information content (AvgIpc) is 3.37. The van der Waals surface area contributed by atoms with E-state index in [0.717, 1.165) is 16.8 Å². The number of rotatable bonds is 5. The average molecular weight is 505 g/mol. The molecule has 1 amide bonds. The van der Waals surface area contributed by atoms with Crippen molar-refractivity contribution in [3.8, 4) is 11.1 Å². The molecule has 3 fully saturated rings. The van der Waals surface area contributed by atoms with Crippen LogP contribution in [0.5, 0.6) is 0 Å². The molecule has 0 unspecified atom stereocenters. The molecule has 8 heteroatoms. The topological polar surface area (TPSA) is 62.5 Å². The van der Waals surface area contributed by atoms with E-state index < -0.39 is 12.2 Å². The van der Waals surface area contributed by atoms with E-state index in [0.29, 0.717) is 38.1 Å². The molecule has 3 saturated heterocycles. The highest BCUT2D eigenvalue weighted by Crippen LogP contribution is 2.32. The number of fused-ring (bicyclic) bond motifs is 1. The predicted molar refractivity (Wildman–Crippen MR) is 144 cm³/mol. The van der Waals surface area contributed by atoms with Crippen molar-refractivity contribution in [2.24, 2.45) is 0 Å². The van der Waals surface area contributed by atoms with Gasteiger partial charge in [-0.3, -0.25) is 0 Å². The zero-order chi connectivity index (χ0) is 26.3. The highest BCUT2D eigenvalue weighted by molar-refractivity contribution is 5.80. The lowest BCUT2D eigenvalue weighted by Gasteiger charge is -2.37. The second-order valence-electron chi connectivity index (χ2n) is 10.7. The number of aromatic nitrogens is 2. The number of carbonyl (C=O) groups excluding carboxylic acids is 1. The van der Waals surface area contributed by atoms with Gasteiger partial charge in [-0.1, -0.05) is 24.3 Å². The molecule has 3 aliphatic heterocycles. The molecule has 3 aromatic rings. The summed E-state index contributed by atoms with van der Waals surface area (Å²) in [6.45, 7) is 9.71. The van der Waals surface area contributed by atoms with E-state index in [1.54, 1.807) is 4.90 Å². The molecule has 0 spiro atoms. The minimum atomic E-state index is -1.22. The fourth-order valence-electron chi connectivity index (χ4n) is 5.68. The maximum Gasteiger partial charge on any atom is 0.410 e. The fourth-order valence-corrected chi connectivity index (χ4v) is 5.68. The number of amides is 1. The lowest BCUT2D eigenvalue weighted by atomic mass is 9.88. The Labute approximate surface area is 220 Å². The molecule has 2 aromatic heterocycles. The lowest BCUT2D eigenvalue weighted by molar-refractivity contribution is -0.104. The van der Waals surface area contributed by atoms with Gasteiger partial charge < -0.3 is 24.2 Å². The van der Waals surface area contributed by atoms with Gasteiger partial charge in [-0.2, -0.15) is 5.10 Å². The minimum Gasteiger partial charge on any atom is -0.441 e. The molecule has 1 aromatic carbocycles. The molecular formula is C29H37N5O3. The first kappa shape index (κ1) is 23.0. The Hall–Kier alpha value is -3.10. The van der Waals surface area contributed by atoms with Crippen molar-refractivity contribution in [2.45, 2.75) is 44.7 Å². The molecule has 0 aliphatic carbocycles. The summed E-state index contributed by atoms with van der Waals surface area (Å²) in [6, 6.07) is 14.0. The molecular weight excluding hydrogens is 466 g/mol. The summed E-state index contributed by atoms with van der Waals surface area (Å²) in [5, 5.41) is 4.56. The van der Waals surface area contributed by atoms with E-state index in [-0.39, 0.29) is 13.2 Å². The van der Waals surface area contributed by atoms with Crippen LogP contribution in [0.15, 0.2) is 48.8 Å². The van der Waals surface area contributed by atoms with Crippen molar-refractivity contribution in [1.82, 2.24) is 19.4 Å². The van der Waals surface area contributed by atoms with Crippen LogP contribution in [0.1, 0.15) is 39.5 Å². The van der Waals surface area contributed by atoms with E-state index in [1.165, 1.54) is 37.1 Å². The summed E-state index contributed by atoms with van der Waals surface area (Å²) in [6.07, 6.45) is 4.73. The Balaban J connectivity index is 1.12. The van der Waals surface area contributed by atoms with Crippen LogP contribution in [0.4, 0.5) is 10.5 Å². The Morgan fingerprint density at radius 2 is 1.76 bits per heavy atom. The van der Waals surface area contributed by atoms with Crippen molar-refractivity contribution < 1.29 is 15.6 Å².